The van der Waals surface area contributed by atoms with Crippen molar-refractivity contribution in [3.63, 3.8) is 0 Å². The largest absolute Gasteiger partial charge is 0.268 e. The zero-order chi connectivity index (χ0) is 18.2. The summed E-state index contributed by atoms with van der Waals surface area (Å²) in [6, 6.07) is 10.5. The molecule has 0 saturated heterocycles. The highest BCUT2D eigenvalue weighted by molar-refractivity contribution is 7.90. The minimum Gasteiger partial charge on any atom is -0.242 e. The van der Waals surface area contributed by atoms with Crippen molar-refractivity contribution in [1.29, 1.82) is 5.26 Å². The van der Waals surface area contributed by atoms with Crippen LogP contribution in [0.25, 0.3) is 10.4 Å². The van der Waals surface area contributed by atoms with Crippen LogP contribution in [0.1, 0.15) is 35.4 Å². The van der Waals surface area contributed by atoms with Crippen LogP contribution in [-0.2, 0) is 16.4 Å². The molecule has 1 aromatic carbocycles. The molecule has 0 saturated carbocycles. The molecule has 6 heteroatoms. The molecule has 0 bridgehead atoms. The number of hydrogen-bond acceptors (Lipinski definition) is 3. The highest BCUT2D eigenvalue weighted by Gasteiger charge is 2.29. The fourth-order valence-corrected chi connectivity index (χ4v) is 4.90. The average molecular weight is 351 g/mol. The molecule has 0 fully saturated rings. The maximum atomic E-state index is 13.1. The first kappa shape index (κ1) is 17.0. The summed E-state index contributed by atoms with van der Waals surface area (Å²) in [5, 5.41) is 9.20. The van der Waals surface area contributed by atoms with Crippen LogP contribution in [-0.4, -0.2) is 12.4 Å². The Morgan fingerprint density at radius 1 is 1.24 bits per heavy atom. The number of nitrogens with zero attached hydrogens (tertiary/aromatic N) is 3. The van der Waals surface area contributed by atoms with Gasteiger partial charge in [0, 0.05) is 11.4 Å². The number of aromatic nitrogens is 1. The molecule has 5 nitrogen and oxygen atoms in total. The Bertz CT molecular complexity index is 1040. The standard InChI is InChI=1S/C19H17N3O2S/c1-13-7-9-15(10-8-13)25(23,24)22-14(2)11-17-16(18(12-20)21-3)5-4-6-19(17)22/h7-11H,4-6H2,1-2H3. The highest BCUT2D eigenvalue weighted by atomic mass is 32.2. The lowest BCUT2D eigenvalue weighted by Crippen LogP contribution is -2.19. The molecular weight excluding hydrogens is 334 g/mol. The van der Waals surface area contributed by atoms with E-state index >= 15 is 0 Å². The minimum absolute atomic E-state index is 0.0471. The van der Waals surface area contributed by atoms with Gasteiger partial charge in [-0.1, -0.05) is 17.7 Å². The Balaban J connectivity index is 2.25. The molecule has 0 unspecified atom stereocenters. The van der Waals surface area contributed by atoms with E-state index in [-0.39, 0.29) is 10.6 Å². The Morgan fingerprint density at radius 2 is 1.92 bits per heavy atom. The third-order valence-electron chi connectivity index (χ3n) is 4.46. The lowest BCUT2D eigenvalue weighted by atomic mass is 9.91. The molecule has 0 atom stereocenters. The Morgan fingerprint density at radius 3 is 2.52 bits per heavy atom. The fourth-order valence-electron chi connectivity index (χ4n) is 3.29. The van der Waals surface area contributed by atoms with Crippen molar-refractivity contribution in [3.8, 4) is 6.07 Å². The van der Waals surface area contributed by atoms with Crippen LogP contribution < -0.4 is 0 Å². The molecule has 1 heterocycles. The summed E-state index contributed by atoms with van der Waals surface area (Å²) in [5.74, 6) is 0. The van der Waals surface area contributed by atoms with Gasteiger partial charge in [0.2, 0.25) is 0 Å². The van der Waals surface area contributed by atoms with Gasteiger partial charge in [-0.2, -0.15) is 0 Å². The van der Waals surface area contributed by atoms with Crippen molar-refractivity contribution in [2.75, 3.05) is 0 Å². The van der Waals surface area contributed by atoms with Crippen LogP contribution in [0.3, 0.4) is 0 Å². The molecule has 0 amide bonds. The maximum Gasteiger partial charge on any atom is 0.268 e. The highest BCUT2D eigenvalue weighted by Crippen LogP contribution is 2.37. The number of aryl methyl sites for hydroxylation is 2. The Kier molecular flexibility index (Phi) is 4.24. The lowest BCUT2D eigenvalue weighted by molar-refractivity contribution is 0.582. The first-order chi connectivity index (χ1) is 11.9. The molecule has 0 aliphatic heterocycles. The van der Waals surface area contributed by atoms with Gasteiger partial charge in [-0.05, 0) is 62.4 Å². The molecule has 126 valence electrons. The monoisotopic (exact) mass is 351 g/mol. The van der Waals surface area contributed by atoms with Crippen LogP contribution in [0, 0.1) is 31.8 Å². The molecule has 0 N–H and O–H groups in total. The summed E-state index contributed by atoms with van der Waals surface area (Å²) in [7, 11) is -3.71. The van der Waals surface area contributed by atoms with Crippen LogP contribution in [0.5, 0.6) is 0 Å². The molecule has 0 spiro atoms. The van der Waals surface area contributed by atoms with Crippen LogP contribution in [0.15, 0.2) is 40.9 Å². The van der Waals surface area contributed by atoms with Gasteiger partial charge in [-0.15, -0.1) is 0 Å². The number of fused-ring (bicyclic) bond motifs is 1. The molecule has 25 heavy (non-hydrogen) atoms. The van der Waals surface area contributed by atoms with Crippen molar-refractivity contribution in [3.05, 3.63) is 70.0 Å². The van der Waals surface area contributed by atoms with Crippen LogP contribution >= 0.6 is 0 Å². The predicted octanol–water partition coefficient (Wildman–Crippen LogP) is 3.83. The van der Waals surface area contributed by atoms with Crippen LogP contribution in [0.2, 0.25) is 0 Å². The second-order valence-corrected chi connectivity index (χ2v) is 7.92. The van der Waals surface area contributed by atoms with Gasteiger partial charge in [0.1, 0.15) is 0 Å². The molecule has 1 aliphatic carbocycles. The van der Waals surface area contributed by atoms with Crippen LogP contribution in [0.4, 0.5) is 0 Å². The van der Waals surface area contributed by atoms with Crippen molar-refractivity contribution in [2.24, 2.45) is 0 Å². The van der Waals surface area contributed by atoms with E-state index in [0.29, 0.717) is 35.4 Å². The SMILES string of the molecule is [C-]#[N+]C(C#N)=C1CCCc2c1cc(C)n2S(=O)(=O)c1ccc(C)cc1. The molecule has 0 radical (unpaired) electrons. The molecule has 1 aromatic heterocycles. The van der Waals surface area contributed by atoms with Crippen molar-refractivity contribution in [1.82, 2.24) is 3.97 Å². The predicted molar refractivity (Wildman–Crippen MR) is 95.0 cm³/mol. The number of nitriles is 1. The van der Waals surface area contributed by atoms with Gasteiger partial charge in [0.25, 0.3) is 15.7 Å². The summed E-state index contributed by atoms with van der Waals surface area (Å²) in [6.45, 7) is 10.8. The summed E-state index contributed by atoms with van der Waals surface area (Å²) in [6.07, 6.45) is 1.94. The number of rotatable bonds is 2. The summed E-state index contributed by atoms with van der Waals surface area (Å²) < 4.78 is 27.6. The second kappa shape index (κ2) is 6.23. The van der Waals surface area contributed by atoms with Gasteiger partial charge >= 0.3 is 0 Å². The Hall–Kier alpha value is -2.83. The maximum absolute atomic E-state index is 13.1. The third kappa shape index (κ3) is 2.75. The number of benzene rings is 1. The minimum atomic E-state index is -3.71. The van der Waals surface area contributed by atoms with Crippen molar-refractivity contribution in [2.45, 2.75) is 38.0 Å². The summed E-state index contributed by atoms with van der Waals surface area (Å²) in [5.41, 5.74) is 3.66. The van der Waals surface area contributed by atoms with E-state index in [1.165, 1.54) is 3.97 Å². The van der Waals surface area contributed by atoms with E-state index in [1.54, 1.807) is 37.3 Å². The van der Waals surface area contributed by atoms with E-state index in [9.17, 15) is 13.7 Å². The molecule has 2 aromatic rings. The first-order valence-electron chi connectivity index (χ1n) is 7.94. The Labute approximate surface area is 147 Å². The van der Waals surface area contributed by atoms with Gasteiger partial charge in [0.15, 0.2) is 0 Å². The van der Waals surface area contributed by atoms with Gasteiger partial charge in [0.05, 0.1) is 17.5 Å². The summed E-state index contributed by atoms with van der Waals surface area (Å²) >= 11 is 0. The van der Waals surface area contributed by atoms with E-state index in [4.69, 9.17) is 6.57 Å². The van der Waals surface area contributed by atoms with E-state index in [1.807, 2.05) is 13.0 Å². The number of hydrogen-bond donors (Lipinski definition) is 0. The third-order valence-corrected chi connectivity index (χ3v) is 6.31. The first-order valence-corrected chi connectivity index (χ1v) is 9.38. The molecule has 1 aliphatic rings. The molecular formula is C19H17N3O2S. The zero-order valence-electron chi connectivity index (χ0n) is 14.1. The van der Waals surface area contributed by atoms with Gasteiger partial charge in [-0.25, -0.2) is 22.5 Å². The van der Waals surface area contributed by atoms with E-state index in [0.717, 1.165) is 12.0 Å². The van der Waals surface area contributed by atoms with Gasteiger partial charge in [-0.3, -0.25) is 0 Å². The normalized spacial score (nSPS) is 15.8. The lowest BCUT2D eigenvalue weighted by Gasteiger charge is -2.19. The zero-order valence-corrected chi connectivity index (χ0v) is 14.9. The van der Waals surface area contributed by atoms with Crippen molar-refractivity contribution < 1.29 is 8.42 Å². The quantitative estimate of drug-likeness (QED) is 0.610. The van der Waals surface area contributed by atoms with E-state index in [2.05, 4.69) is 4.85 Å². The average Bonchev–Trinajstić information content (AvgIpc) is 2.93. The summed E-state index contributed by atoms with van der Waals surface area (Å²) in [4.78, 5) is 3.55. The molecule has 3 rings (SSSR count). The van der Waals surface area contributed by atoms with E-state index < -0.39 is 10.0 Å². The van der Waals surface area contributed by atoms with Crippen molar-refractivity contribution >= 4 is 15.6 Å². The number of allylic oxidation sites excluding steroid dienone is 2. The fraction of sp³-hybridized carbons (Fsp3) is 0.263. The van der Waals surface area contributed by atoms with Gasteiger partial charge < -0.3 is 0 Å². The smallest absolute Gasteiger partial charge is 0.242 e. The topological polar surface area (TPSA) is 67.2 Å². The second-order valence-electron chi connectivity index (χ2n) is 6.13.